The van der Waals surface area contributed by atoms with Gasteiger partial charge in [0.25, 0.3) is 0 Å². The Morgan fingerprint density at radius 1 is 0.926 bits per heavy atom. The number of aromatic nitrogens is 1. The van der Waals surface area contributed by atoms with Gasteiger partial charge < -0.3 is 9.47 Å². The second-order valence-corrected chi connectivity index (χ2v) is 7.55. The van der Waals surface area contributed by atoms with E-state index in [0.717, 1.165) is 5.70 Å². The van der Waals surface area contributed by atoms with E-state index in [2.05, 4.69) is 0 Å². The minimum atomic E-state index is -10.7. The van der Waals surface area contributed by atoms with E-state index in [4.69, 9.17) is 9.47 Å². The van der Waals surface area contributed by atoms with Gasteiger partial charge in [-0.25, -0.2) is 0 Å². The Kier molecular flexibility index (Phi) is 6.32. The van der Waals surface area contributed by atoms with Crippen LogP contribution in [0.15, 0.2) is 36.7 Å². The molecule has 154 valence electrons. The minimum absolute atomic E-state index is 0.367. The molecule has 2 atom stereocenters. The molecule has 1 aromatic heterocycles. The van der Waals surface area contributed by atoms with Crippen molar-refractivity contribution in [1.82, 2.24) is 0 Å². The third-order valence-corrected chi connectivity index (χ3v) is 3.58. The van der Waals surface area contributed by atoms with Crippen LogP contribution in [0.3, 0.4) is 0 Å². The Bertz CT molecular complexity index is 709. The molecule has 0 radical (unpaired) electrons. The third kappa shape index (κ3) is 9.37. The summed E-state index contributed by atoms with van der Waals surface area (Å²) in [5, 5.41) is 0. The van der Waals surface area contributed by atoms with Crippen LogP contribution in [-0.4, -0.2) is 26.2 Å². The molecule has 1 aliphatic carbocycles. The second kappa shape index (κ2) is 7.46. The van der Waals surface area contributed by atoms with Crippen LogP contribution in [0.25, 0.3) is 5.70 Å². The van der Waals surface area contributed by atoms with Crippen molar-refractivity contribution in [3.63, 3.8) is 0 Å². The summed E-state index contributed by atoms with van der Waals surface area (Å²) in [5.74, 6) is -1.71. The molecule has 2 rings (SSSR count). The molecular formula is C15H18F6NO4P. The van der Waals surface area contributed by atoms with Gasteiger partial charge in [-0.15, -0.1) is 0 Å². The van der Waals surface area contributed by atoms with E-state index >= 15 is 0 Å². The molecule has 1 aromatic rings. The van der Waals surface area contributed by atoms with Gasteiger partial charge >= 0.3 is 44.9 Å². The number of allylic oxidation sites excluding steroid dienone is 2. The van der Waals surface area contributed by atoms with Crippen LogP contribution in [0, 0.1) is 11.8 Å². The topological polar surface area (TPSA) is 56.5 Å². The zero-order chi connectivity index (χ0) is 20.9. The van der Waals surface area contributed by atoms with Gasteiger partial charge in [-0.05, 0) is 12.5 Å². The number of halogens is 6. The average molecular weight is 421 g/mol. The van der Waals surface area contributed by atoms with Crippen LogP contribution in [-0.2, 0) is 19.1 Å². The number of hydrogen-bond acceptors (Lipinski definition) is 4. The van der Waals surface area contributed by atoms with Crippen molar-refractivity contribution in [3.05, 3.63) is 36.7 Å². The van der Waals surface area contributed by atoms with Gasteiger partial charge in [-0.1, -0.05) is 6.07 Å². The molecule has 0 bridgehead atoms. The van der Waals surface area contributed by atoms with Crippen molar-refractivity contribution in [2.75, 3.05) is 14.2 Å². The molecule has 0 unspecified atom stereocenters. The van der Waals surface area contributed by atoms with Gasteiger partial charge in [0.2, 0.25) is 0 Å². The molecule has 27 heavy (non-hydrogen) atoms. The zero-order valence-corrected chi connectivity index (χ0v) is 15.2. The number of carbonyl (C=O) groups is 2. The van der Waals surface area contributed by atoms with Gasteiger partial charge in [0.05, 0.1) is 26.1 Å². The molecule has 5 nitrogen and oxygen atoms in total. The first-order chi connectivity index (χ1) is 12.1. The van der Waals surface area contributed by atoms with E-state index in [0.29, 0.717) is 12.8 Å². The predicted octanol–water partition coefficient (Wildman–Crippen LogP) is 4.57. The number of nitrogens with zero attached hydrogens (tertiary/aromatic N) is 1. The maximum absolute atomic E-state index is 11.9. The molecule has 0 aromatic carbocycles. The molecule has 0 saturated heterocycles. The molecule has 0 spiro atoms. The van der Waals surface area contributed by atoms with E-state index in [1.807, 2.05) is 41.2 Å². The summed E-state index contributed by atoms with van der Waals surface area (Å²) in [6.45, 7) is 0. The number of esters is 2. The molecule has 0 saturated carbocycles. The average Bonchev–Trinajstić information content (AvgIpc) is 2.58. The number of rotatable bonds is 3. The van der Waals surface area contributed by atoms with Crippen LogP contribution in [0.2, 0.25) is 0 Å². The Morgan fingerprint density at radius 3 is 1.81 bits per heavy atom. The standard InChI is InChI=1S/C15H18NO4.F6P/c1-19-14(17)12-7-6-11(10-13(12)15(18)20-2)16-8-4-3-5-9-16;1-7(2,3,4,5)6/h3-6,8-9,12-13H,7,10H2,1-2H3;/q+1;-1/t12-,13+;/m0./s1. The van der Waals surface area contributed by atoms with Gasteiger partial charge in [0.15, 0.2) is 18.1 Å². The fraction of sp³-hybridized carbons (Fsp3) is 0.400. The summed E-state index contributed by atoms with van der Waals surface area (Å²) >= 11 is 0. The van der Waals surface area contributed by atoms with Crippen molar-refractivity contribution in [3.8, 4) is 0 Å². The predicted molar refractivity (Wildman–Crippen MR) is 84.7 cm³/mol. The van der Waals surface area contributed by atoms with E-state index in [9.17, 15) is 34.8 Å². The molecule has 12 heteroatoms. The first-order valence-corrected chi connectivity index (χ1v) is 9.53. The number of methoxy groups -OCH3 is 2. The molecule has 1 aliphatic rings. The van der Waals surface area contributed by atoms with Crippen molar-refractivity contribution in [2.45, 2.75) is 12.8 Å². The number of hydrogen-bond donors (Lipinski definition) is 0. The summed E-state index contributed by atoms with van der Waals surface area (Å²) in [7, 11) is -7.98. The van der Waals surface area contributed by atoms with Crippen molar-refractivity contribution >= 4 is 25.4 Å². The van der Waals surface area contributed by atoms with Crippen molar-refractivity contribution in [1.29, 1.82) is 0 Å². The van der Waals surface area contributed by atoms with Crippen LogP contribution in [0.4, 0.5) is 25.2 Å². The fourth-order valence-electron chi connectivity index (χ4n) is 2.49. The molecular weight excluding hydrogens is 403 g/mol. The van der Waals surface area contributed by atoms with Crippen LogP contribution in [0.1, 0.15) is 12.8 Å². The Balaban J connectivity index is 0.000000445. The first-order valence-electron chi connectivity index (χ1n) is 7.50. The summed E-state index contributed by atoms with van der Waals surface area (Å²) < 4.78 is 70.7. The number of pyridine rings is 1. The van der Waals surface area contributed by atoms with E-state index < -0.39 is 19.6 Å². The second-order valence-electron chi connectivity index (χ2n) is 5.64. The Labute approximate surface area is 150 Å². The Hall–Kier alpha value is -2.16. The molecule has 0 N–H and O–H groups in total. The number of ether oxygens (including phenoxy) is 2. The molecule has 0 fully saturated rings. The maximum atomic E-state index is 11.9. The molecule has 1 heterocycles. The monoisotopic (exact) mass is 421 g/mol. The van der Waals surface area contributed by atoms with Crippen LogP contribution in [0.5, 0.6) is 0 Å². The summed E-state index contributed by atoms with van der Waals surface area (Å²) in [5.41, 5.74) is 0.987. The summed E-state index contributed by atoms with van der Waals surface area (Å²) in [4.78, 5) is 23.7. The fourth-order valence-corrected chi connectivity index (χ4v) is 2.49. The van der Waals surface area contributed by atoms with Crippen LogP contribution >= 0.6 is 7.81 Å². The van der Waals surface area contributed by atoms with Gasteiger partial charge in [-0.3, -0.25) is 9.59 Å². The van der Waals surface area contributed by atoms with E-state index in [1.54, 1.807) is 0 Å². The van der Waals surface area contributed by atoms with E-state index in [-0.39, 0.29) is 11.9 Å². The molecule has 0 aliphatic heterocycles. The van der Waals surface area contributed by atoms with E-state index in [1.165, 1.54) is 14.2 Å². The normalized spacial score (nSPS) is 22.1. The zero-order valence-electron chi connectivity index (χ0n) is 14.3. The summed E-state index contributed by atoms with van der Waals surface area (Å²) in [6, 6.07) is 5.76. The quantitative estimate of drug-likeness (QED) is 0.311. The Morgan fingerprint density at radius 2 is 1.37 bits per heavy atom. The van der Waals surface area contributed by atoms with Gasteiger partial charge in [-0.2, -0.15) is 4.57 Å². The SMILES string of the molecule is COC(=O)[C@H]1CC=C([n+]2ccccc2)C[C@H]1C(=O)OC.F[P-](F)(F)(F)(F)F. The number of carbonyl (C=O) groups excluding carboxylic acids is 2. The van der Waals surface area contributed by atoms with Crippen LogP contribution < -0.4 is 4.57 Å². The summed E-state index contributed by atoms with van der Waals surface area (Å²) in [6.07, 6.45) is 6.74. The van der Waals surface area contributed by atoms with Gasteiger partial charge in [0, 0.05) is 18.6 Å². The van der Waals surface area contributed by atoms with Crippen molar-refractivity contribution in [2.24, 2.45) is 11.8 Å². The molecule has 0 amide bonds. The third-order valence-electron chi connectivity index (χ3n) is 3.58. The van der Waals surface area contributed by atoms with Gasteiger partial charge in [0.1, 0.15) is 0 Å². The van der Waals surface area contributed by atoms with Crippen molar-refractivity contribution < 1.29 is 48.8 Å². The first kappa shape index (κ1) is 22.9.